The number of ether oxygens (including phenoxy) is 1. The molecule has 1 saturated heterocycles. The van der Waals surface area contributed by atoms with Gasteiger partial charge in [0.05, 0.1) is 21.3 Å². The Morgan fingerprint density at radius 2 is 2.04 bits per heavy atom. The third-order valence-electron chi connectivity index (χ3n) is 4.05. The van der Waals surface area contributed by atoms with Gasteiger partial charge in [-0.15, -0.1) is 22.7 Å². The van der Waals surface area contributed by atoms with Crippen molar-refractivity contribution < 1.29 is 14.3 Å². The molecule has 146 valence electrons. The summed E-state index contributed by atoms with van der Waals surface area (Å²) in [5, 5.41) is 6.27. The number of hydrogen-bond donors (Lipinski definition) is 1. The van der Waals surface area contributed by atoms with Crippen LogP contribution in [0.1, 0.15) is 44.3 Å². The van der Waals surface area contributed by atoms with Gasteiger partial charge in [0.2, 0.25) is 5.91 Å². The molecule has 1 fully saturated rings. The quantitative estimate of drug-likeness (QED) is 0.822. The van der Waals surface area contributed by atoms with E-state index in [2.05, 4.69) is 15.3 Å². The molecule has 9 heteroatoms. The molecule has 3 rings (SSSR count). The first-order valence-electron chi connectivity index (χ1n) is 8.84. The summed E-state index contributed by atoms with van der Waals surface area (Å²) in [6, 6.07) is -0.528. The highest BCUT2D eigenvalue weighted by atomic mass is 32.1. The minimum absolute atomic E-state index is 0.225. The molecule has 2 amide bonds. The topological polar surface area (TPSA) is 84.4 Å². The number of rotatable bonds is 3. The number of nitrogens with one attached hydrogen (secondary N) is 1. The summed E-state index contributed by atoms with van der Waals surface area (Å²) in [7, 11) is 0. The number of aromatic nitrogens is 2. The maximum absolute atomic E-state index is 12.7. The van der Waals surface area contributed by atoms with Crippen LogP contribution in [0.3, 0.4) is 0 Å². The third-order valence-corrected chi connectivity index (χ3v) is 5.91. The average Bonchev–Trinajstić information content (AvgIpc) is 3.25. The molecular weight excluding hydrogens is 384 g/mol. The van der Waals surface area contributed by atoms with Gasteiger partial charge >= 0.3 is 6.09 Å². The van der Waals surface area contributed by atoms with E-state index in [-0.39, 0.29) is 5.91 Å². The Hall–Kier alpha value is -2.00. The first-order valence-corrected chi connectivity index (χ1v) is 10.5. The molecule has 27 heavy (non-hydrogen) atoms. The smallest absolute Gasteiger partial charge is 0.410 e. The number of nitrogens with zero attached hydrogens (tertiary/aromatic N) is 3. The highest BCUT2D eigenvalue weighted by molar-refractivity contribution is 7.16. The molecule has 1 N–H and O–H groups in total. The van der Waals surface area contributed by atoms with E-state index >= 15 is 0 Å². The molecule has 0 spiro atoms. The molecule has 0 unspecified atom stereocenters. The van der Waals surface area contributed by atoms with Gasteiger partial charge in [-0.05, 0) is 47.5 Å². The van der Waals surface area contributed by atoms with Crippen molar-refractivity contribution in [1.82, 2.24) is 14.9 Å². The van der Waals surface area contributed by atoms with Crippen molar-refractivity contribution in [2.75, 3.05) is 11.9 Å². The lowest BCUT2D eigenvalue weighted by Gasteiger charge is -2.27. The molecule has 0 radical (unpaired) electrons. The summed E-state index contributed by atoms with van der Waals surface area (Å²) in [4.78, 5) is 36.5. The zero-order valence-electron chi connectivity index (χ0n) is 16.2. The first kappa shape index (κ1) is 19.8. The van der Waals surface area contributed by atoms with E-state index in [4.69, 9.17) is 4.74 Å². The lowest BCUT2D eigenvalue weighted by Crippen LogP contribution is -2.45. The van der Waals surface area contributed by atoms with E-state index in [0.717, 1.165) is 27.7 Å². The van der Waals surface area contributed by atoms with Gasteiger partial charge in [0.15, 0.2) is 5.13 Å². The summed E-state index contributed by atoms with van der Waals surface area (Å²) < 4.78 is 5.42. The molecule has 0 aromatic carbocycles. The molecule has 1 atom stereocenters. The van der Waals surface area contributed by atoms with E-state index < -0.39 is 17.7 Å². The number of anilines is 1. The molecule has 0 aliphatic carbocycles. The highest BCUT2D eigenvalue weighted by Gasteiger charge is 2.36. The molecule has 2 aromatic heterocycles. The van der Waals surface area contributed by atoms with E-state index in [9.17, 15) is 9.59 Å². The Bertz CT molecular complexity index is 853. The average molecular weight is 409 g/mol. The fourth-order valence-corrected chi connectivity index (χ4v) is 4.63. The zero-order chi connectivity index (χ0) is 19.8. The SMILES string of the molecule is Cc1nc(C)c(-c2csc(NC(=O)[C@@H]3CCCN3C(=O)OC(C)(C)C)n2)s1. The second kappa shape index (κ2) is 7.55. The molecule has 7 nitrogen and oxygen atoms in total. The fourth-order valence-electron chi connectivity index (χ4n) is 2.97. The third kappa shape index (κ3) is 4.65. The minimum Gasteiger partial charge on any atom is -0.444 e. The molecule has 0 saturated carbocycles. The number of carbonyl (C=O) groups excluding carboxylic acids is 2. The predicted octanol–water partition coefficient (Wildman–Crippen LogP) is 4.22. The van der Waals surface area contributed by atoms with Crippen molar-refractivity contribution in [2.45, 2.75) is 59.1 Å². The first-order chi connectivity index (χ1) is 12.6. The Labute approximate surface area is 166 Å². The number of hydrogen-bond acceptors (Lipinski definition) is 7. The largest absolute Gasteiger partial charge is 0.444 e. The van der Waals surface area contributed by atoms with E-state index in [1.54, 1.807) is 11.3 Å². The van der Waals surface area contributed by atoms with Crippen LogP contribution < -0.4 is 5.32 Å². The molecular formula is C18H24N4O3S2. The van der Waals surface area contributed by atoms with Crippen LogP contribution in [0.15, 0.2) is 5.38 Å². The van der Waals surface area contributed by atoms with Crippen LogP contribution in [0, 0.1) is 13.8 Å². The minimum atomic E-state index is -0.588. The van der Waals surface area contributed by atoms with Crippen molar-refractivity contribution >= 4 is 39.8 Å². The number of amides is 2. The predicted molar refractivity (Wildman–Crippen MR) is 107 cm³/mol. The van der Waals surface area contributed by atoms with Crippen molar-refractivity contribution in [3.05, 3.63) is 16.1 Å². The van der Waals surface area contributed by atoms with Crippen LogP contribution in [0.4, 0.5) is 9.93 Å². The van der Waals surface area contributed by atoms with Crippen LogP contribution >= 0.6 is 22.7 Å². The Kier molecular flexibility index (Phi) is 5.53. The molecule has 0 bridgehead atoms. The summed E-state index contributed by atoms with van der Waals surface area (Å²) in [6.45, 7) is 9.88. The lowest BCUT2D eigenvalue weighted by molar-refractivity contribution is -0.120. The number of carbonyl (C=O) groups is 2. The monoisotopic (exact) mass is 408 g/mol. The summed E-state index contributed by atoms with van der Waals surface area (Å²) in [5.74, 6) is -0.225. The van der Waals surface area contributed by atoms with Gasteiger partial charge in [-0.2, -0.15) is 0 Å². The molecule has 3 heterocycles. The second-order valence-electron chi connectivity index (χ2n) is 7.51. The molecule has 2 aromatic rings. The summed E-state index contributed by atoms with van der Waals surface area (Å²) >= 11 is 2.96. The highest BCUT2D eigenvalue weighted by Crippen LogP contribution is 2.32. The van der Waals surface area contributed by atoms with Gasteiger partial charge in [0.25, 0.3) is 0 Å². The van der Waals surface area contributed by atoms with Gasteiger partial charge in [0.1, 0.15) is 11.6 Å². The molecule has 1 aliphatic rings. The second-order valence-corrected chi connectivity index (χ2v) is 9.57. The van der Waals surface area contributed by atoms with Crippen LogP contribution in [0.2, 0.25) is 0 Å². The van der Waals surface area contributed by atoms with E-state index in [0.29, 0.717) is 18.1 Å². The van der Waals surface area contributed by atoms with Gasteiger partial charge in [-0.25, -0.2) is 14.8 Å². The number of thiazole rings is 2. The van der Waals surface area contributed by atoms with Crippen LogP contribution in [-0.2, 0) is 9.53 Å². The number of aryl methyl sites for hydroxylation is 2. The normalized spacial score (nSPS) is 17.2. The van der Waals surface area contributed by atoms with Crippen LogP contribution in [-0.4, -0.2) is 45.1 Å². The van der Waals surface area contributed by atoms with Gasteiger partial charge in [0, 0.05) is 11.9 Å². The summed E-state index contributed by atoms with van der Waals surface area (Å²) in [6.07, 6.45) is 0.951. The Balaban J connectivity index is 1.68. The van der Waals surface area contributed by atoms with Crippen molar-refractivity contribution in [2.24, 2.45) is 0 Å². The zero-order valence-corrected chi connectivity index (χ0v) is 17.8. The van der Waals surface area contributed by atoms with Crippen molar-refractivity contribution in [3.8, 4) is 10.6 Å². The van der Waals surface area contributed by atoms with Gasteiger partial charge in [-0.1, -0.05) is 0 Å². The Morgan fingerprint density at radius 3 is 2.67 bits per heavy atom. The van der Waals surface area contributed by atoms with Gasteiger partial charge < -0.3 is 10.1 Å². The maximum atomic E-state index is 12.7. The van der Waals surface area contributed by atoms with Crippen LogP contribution in [0.25, 0.3) is 10.6 Å². The maximum Gasteiger partial charge on any atom is 0.410 e. The standard InChI is InChI=1S/C18H24N4O3S2/c1-10-14(27-11(2)19-10)12-9-26-16(20-12)21-15(23)13-7-6-8-22(13)17(24)25-18(3,4)5/h9,13H,6-8H2,1-5H3,(H,20,21,23)/t13-/m0/s1. The Morgan fingerprint density at radius 1 is 1.30 bits per heavy atom. The fraction of sp³-hybridized carbons (Fsp3) is 0.556. The van der Waals surface area contributed by atoms with E-state index in [1.807, 2.05) is 40.0 Å². The lowest BCUT2D eigenvalue weighted by atomic mass is 10.2. The van der Waals surface area contributed by atoms with Gasteiger partial charge in [-0.3, -0.25) is 9.69 Å². The summed E-state index contributed by atoms with van der Waals surface area (Å²) in [5.41, 5.74) is 1.16. The van der Waals surface area contributed by atoms with Crippen molar-refractivity contribution in [3.63, 3.8) is 0 Å². The molecule has 1 aliphatic heterocycles. The van der Waals surface area contributed by atoms with E-state index in [1.165, 1.54) is 16.2 Å². The van der Waals surface area contributed by atoms with Crippen molar-refractivity contribution in [1.29, 1.82) is 0 Å². The van der Waals surface area contributed by atoms with Crippen LogP contribution in [0.5, 0.6) is 0 Å². The number of likely N-dealkylation sites (tertiary alicyclic amines) is 1.